The third kappa shape index (κ3) is 3.71. The molecule has 0 spiro atoms. The Balaban J connectivity index is 1.38. The Morgan fingerprint density at radius 3 is 2.81 bits per heavy atom. The Morgan fingerprint density at radius 2 is 2.04 bits per heavy atom. The van der Waals surface area contributed by atoms with Gasteiger partial charge < -0.3 is 9.88 Å². The van der Waals surface area contributed by atoms with Gasteiger partial charge in [0.15, 0.2) is 0 Å². The minimum atomic E-state index is -0.125. The van der Waals surface area contributed by atoms with Crippen LogP contribution in [0.4, 0.5) is 0 Å². The van der Waals surface area contributed by atoms with Crippen LogP contribution in [0.2, 0.25) is 0 Å². The van der Waals surface area contributed by atoms with Gasteiger partial charge in [-0.3, -0.25) is 4.79 Å². The van der Waals surface area contributed by atoms with E-state index >= 15 is 0 Å². The Labute approximate surface area is 156 Å². The number of aryl methyl sites for hydroxylation is 1. The molecule has 0 fully saturated rings. The molecule has 2 aromatic heterocycles. The van der Waals surface area contributed by atoms with Crippen LogP contribution >= 0.6 is 0 Å². The van der Waals surface area contributed by atoms with Crippen LogP contribution in [0.1, 0.15) is 37.8 Å². The van der Waals surface area contributed by atoms with Crippen LogP contribution in [0.3, 0.4) is 0 Å². The molecule has 27 heavy (non-hydrogen) atoms. The molecular weight excluding hydrogens is 344 g/mol. The van der Waals surface area contributed by atoms with E-state index in [9.17, 15) is 4.79 Å². The lowest BCUT2D eigenvalue weighted by Crippen LogP contribution is -2.43. The Morgan fingerprint density at radius 1 is 1.22 bits per heavy atom. The molecule has 1 amide bonds. The van der Waals surface area contributed by atoms with Crippen LogP contribution in [0.5, 0.6) is 0 Å². The molecule has 3 aromatic rings. The molecule has 1 aromatic carbocycles. The lowest BCUT2D eigenvalue weighted by Gasteiger charge is -2.25. The summed E-state index contributed by atoms with van der Waals surface area (Å²) >= 11 is 0. The second-order valence-electron chi connectivity index (χ2n) is 7.05. The van der Waals surface area contributed by atoms with E-state index in [1.165, 1.54) is 4.80 Å². The van der Waals surface area contributed by atoms with Crippen molar-refractivity contribution in [2.45, 2.75) is 51.7 Å². The van der Waals surface area contributed by atoms with Crippen molar-refractivity contribution in [2.75, 3.05) is 0 Å². The van der Waals surface area contributed by atoms with E-state index in [1.807, 2.05) is 30.3 Å². The molecule has 1 atom stereocenters. The van der Waals surface area contributed by atoms with Crippen LogP contribution in [0, 0.1) is 0 Å². The second kappa shape index (κ2) is 7.26. The number of amides is 1. The lowest BCUT2D eigenvalue weighted by atomic mass is 10.1. The van der Waals surface area contributed by atoms with Crippen molar-refractivity contribution >= 4 is 5.91 Å². The van der Waals surface area contributed by atoms with Gasteiger partial charge >= 0.3 is 0 Å². The van der Waals surface area contributed by atoms with E-state index in [2.05, 4.69) is 49.3 Å². The van der Waals surface area contributed by atoms with E-state index in [0.29, 0.717) is 18.3 Å². The fourth-order valence-corrected chi connectivity index (χ4v) is 3.31. The van der Waals surface area contributed by atoms with Crippen LogP contribution in [-0.2, 0) is 24.3 Å². The van der Waals surface area contributed by atoms with Crippen molar-refractivity contribution in [3.8, 4) is 11.4 Å². The normalized spacial score (nSPS) is 16.3. The van der Waals surface area contributed by atoms with Crippen molar-refractivity contribution < 1.29 is 4.79 Å². The van der Waals surface area contributed by atoms with E-state index < -0.39 is 0 Å². The van der Waals surface area contributed by atoms with Gasteiger partial charge in [-0.1, -0.05) is 44.2 Å². The van der Waals surface area contributed by atoms with Gasteiger partial charge in [-0.2, -0.15) is 4.80 Å². The number of rotatable bonds is 5. The SMILES string of the molecule is CC(C)c1nnc2n1CC(NC(=O)Cn1nnc(-c3ccccc3)n1)CC2. The molecule has 0 aliphatic carbocycles. The van der Waals surface area contributed by atoms with Crippen LogP contribution < -0.4 is 5.32 Å². The fraction of sp³-hybridized carbons (Fsp3) is 0.444. The fourth-order valence-electron chi connectivity index (χ4n) is 3.31. The number of nitrogens with one attached hydrogen (secondary N) is 1. The van der Waals surface area contributed by atoms with E-state index in [1.54, 1.807) is 0 Å². The number of tetrazole rings is 1. The maximum atomic E-state index is 12.4. The molecular formula is C18H22N8O. The predicted octanol–water partition coefficient (Wildman–Crippen LogP) is 1.19. The maximum Gasteiger partial charge on any atom is 0.243 e. The summed E-state index contributed by atoms with van der Waals surface area (Å²) in [5, 5.41) is 23.9. The zero-order chi connectivity index (χ0) is 18.8. The van der Waals surface area contributed by atoms with Crippen molar-refractivity contribution in [3.63, 3.8) is 0 Å². The van der Waals surface area contributed by atoms with Crippen LogP contribution in [-0.4, -0.2) is 46.9 Å². The van der Waals surface area contributed by atoms with Crippen LogP contribution in [0.25, 0.3) is 11.4 Å². The summed E-state index contributed by atoms with van der Waals surface area (Å²) in [5.41, 5.74) is 0.873. The molecule has 1 N–H and O–H groups in total. The molecule has 9 heteroatoms. The Hall–Kier alpha value is -3.10. The van der Waals surface area contributed by atoms with Gasteiger partial charge in [0.25, 0.3) is 0 Å². The smallest absolute Gasteiger partial charge is 0.243 e. The molecule has 140 valence electrons. The highest BCUT2D eigenvalue weighted by Crippen LogP contribution is 2.20. The van der Waals surface area contributed by atoms with Crippen molar-refractivity contribution in [1.29, 1.82) is 0 Å². The molecule has 9 nitrogen and oxygen atoms in total. The summed E-state index contributed by atoms with van der Waals surface area (Å²) in [6, 6.07) is 9.62. The summed E-state index contributed by atoms with van der Waals surface area (Å²) in [7, 11) is 0. The number of aromatic nitrogens is 7. The molecule has 0 saturated heterocycles. The van der Waals surface area contributed by atoms with Crippen molar-refractivity contribution in [2.24, 2.45) is 0 Å². The summed E-state index contributed by atoms with van der Waals surface area (Å²) in [6.45, 7) is 4.93. The van der Waals surface area contributed by atoms with Gasteiger partial charge in [0.1, 0.15) is 18.2 Å². The average Bonchev–Trinajstić information content (AvgIpc) is 3.29. The second-order valence-corrected chi connectivity index (χ2v) is 7.05. The minimum Gasteiger partial charge on any atom is -0.350 e. The molecule has 1 unspecified atom stereocenters. The lowest BCUT2D eigenvalue weighted by molar-refractivity contribution is -0.123. The Kier molecular flexibility index (Phi) is 4.66. The number of fused-ring (bicyclic) bond motifs is 1. The van der Waals surface area contributed by atoms with E-state index in [4.69, 9.17) is 0 Å². The van der Waals surface area contributed by atoms with Gasteiger partial charge in [-0.15, -0.1) is 20.4 Å². The van der Waals surface area contributed by atoms with Gasteiger partial charge in [0, 0.05) is 30.5 Å². The molecule has 0 radical (unpaired) electrons. The van der Waals surface area contributed by atoms with Crippen molar-refractivity contribution in [3.05, 3.63) is 42.0 Å². The maximum absolute atomic E-state index is 12.4. The van der Waals surface area contributed by atoms with E-state index in [-0.39, 0.29) is 18.5 Å². The largest absolute Gasteiger partial charge is 0.350 e. The minimum absolute atomic E-state index is 0.0441. The van der Waals surface area contributed by atoms with Crippen molar-refractivity contribution in [1.82, 2.24) is 40.3 Å². The summed E-state index contributed by atoms with van der Waals surface area (Å²) in [6.07, 6.45) is 1.66. The number of hydrogen-bond donors (Lipinski definition) is 1. The van der Waals surface area contributed by atoms with E-state index in [0.717, 1.165) is 30.1 Å². The standard InChI is InChI=1S/C18H22N8O/c1-12(2)18-22-20-15-9-8-14(10-25(15)18)19-16(27)11-26-23-17(21-24-26)13-6-4-3-5-7-13/h3-7,12,14H,8-11H2,1-2H3,(H,19,27). The first-order valence-electron chi connectivity index (χ1n) is 9.14. The Bertz CT molecular complexity index is 930. The summed E-state index contributed by atoms with van der Waals surface area (Å²) in [4.78, 5) is 13.7. The summed E-state index contributed by atoms with van der Waals surface area (Å²) < 4.78 is 2.13. The third-order valence-corrected chi connectivity index (χ3v) is 4.63. The number of carbonyl (C=O) groups is 1. The molecule has 3 heterocycles. The first-order valence-corrected chi connectivity index (χ1v) is 9.14. The quantitative estimate of drug-likeness (QED) is 0.727. The molecule has 0 saturated carbocycles. The van der Waals surface area contributed by atoms with Crippen LogP contribution in [0.15, 0.2) is 30.3 Å². The predicted molar refractivity (Wildman–Crippen MR) is 97.6 cm³/mol. The zero-order valence-electron chi connectivity index (χ0n) is 15.4. The molecule has 1 aliphatic heterocycles. The number of nitrogens with zero attached hydrogens (tertiary/aromatic N) is 7. The van der Waals surface area contributed by atoms with Gasteiger partial charge in [-0.05, 0) is 11.6 Å². The zero-order valence-corrected chi connectivity index (χ0v) is 15.4. The van der Waals surface area contributed by atoms with Gasteiger partial charge in [-0.25, -0.2) is 0 Å². The molecule has 1 aliphatic rings. The number of hydrogen-bond acceptors (Lipinski definition) is 6. The molecule has 0 bridgehead atoms. The first kappa shape index (κ1) is 17.3. The first-order chi connectivity index (χ1) is 13.1. The third-order valence-electron chi connectivity index (χ3n) is 4.63. The number of benzene rings is 1. The van der Waals surface area contributed by atoms with Gasteiger partial charge in [0.2, 0.25) is 11.7 Å². The number of carbonyl (C=O) groups excluding carboxylic acids is 1. The molecule has 4 rings (SSSR count). The highest BCUT2D eigenvalue weighted by atomic mass is 16.2. The monoisotopic (exact) mass is 366 g/mol. The summed E-state index contributed by atoms with van der Waals surface area (Å²) in [5.74, 6) is 2.65. The topological polar surface area (TPSA) is 103 Å². The average molecular weight is 366 g/mol. The highest BCUT2D eigenvalue weighted by molar-refractivity contribution is 5.75. The van der Waals surface area contributed by atoms with Gasteiger partial charge in [0.05, 0.1) is 0 Å². The highest BCUT2D eigenvalue weighted by Gasteiger charge is 2.25.